The van der Waals surface area contributed by atoms with Crippen LogP contribution in [0.5, 0.6) is 5.75 Å². The van der Waals surface area contributed by atoms with Gasteiger partial charge >= 0.3 is 0 Å². The summed E-state index contributed by atoms with van der Waals surface area (Å²) >= 11 is 3.30. The van der Waals surface area contributed by atoms with Crippen molar-refractivity contribution < 1.29 is 18.6 Å². The smallest absolute Gasteiger partial charge is 0.133 e. The van der Waals surface area contributed by atoms with Gasteiger partial charge in [0.1, 0.15) is 23.5 Å². The minimum absolute atomic E-state index is 0.358. The number of aliphatic hydroxyl groups excluding tert-OH is 1. The van der Waals surface area contributed by atoms with E-state index in [2.05, 4.69) is 15.9 Å². The summed E-state index contributed by atoms with van der Waals surface area (Å²) in [6.07, 6.45) is -1.37. The maximum Gasteiger partial charge on any atom is 0.133 e. The highest BCUT2D eigenvalue weighted by Gasteiger charge is 2.20. The Morgan fingerprint density at radius 2 is 1.85 bits per heavy atom. The first-order valence-electron chi connectivity index (χ1n) is 6.08. The Morgan fingerprint density at radius 1 is 1.20 bits per heavy atom. The molecule has 20 heavy (non-hydrogen) atoms. The van der Waals surface area contributed by atoms with Gasteiger partial charge in [-0.15, -0.1) is 0 Å². The Morgan fingerprint density at radius 3 is 2.40 bits per heavy atom. The number of rotatable bonds is 4. The van der Waals surface area contributed by atoms with Crippen molar-refractivity contribution in [2.45, 2.75) is 13.0 Å². The molecule has 0 saturated carbocycles. The molecule has 0 bridgehead atoms. The van der Waals surface area contributed by atoms with E-state index >= 15 is 0 Å². The molecule has 2 aromatic carbocycles. The fraction of sp³-hybridized carbons (Fsp3) is 0.200. The van der Waals surface area contributed by atoms with Crippen molar-refractivity contribution >= 4 is 15.9 Å². The van der Waals surface area contributed by atoms with Crippen LogP contribution in [0.25, 0.3) is 0 Å². The van der Waals surface area contributed by atoms with Crippen molar-refractivity contribution in [2.24, 2.45) is 0 Å². The Kier molecular flexibility index (Phi) is 4.73. The van der Waals surface area contributed by atoms with Gasteiger partial charge in [-0.3, -0.25) is 0 Å². The summed E-state index contributed by atoms with van der Waals surface area (Å²) in [7, 11) is 0. The number of benzene rings is 2. The van der Waals surface area contributed by atoms with Crippen molar-refractivity contribution in [3.05, 3.63) is 63.6 Å². The molecule has 0 fully saturated rings. The molecule has 0 heterocycles. The van der Waals surface area contributed by atoms with Gasteiger partial charge in [0, 0.05) is 0 Å². The van der Waals surface area contributed by atoms with E-state index in [4.69, 9.17) is 4.74 Å². The summed E-state index contributed by atoms with van der Waals surface area (Å²) in [5.74, 6) is -0.942. The summed E-state index contributed by atoms with van der Waals surface area (Å²) in [4.78, 5) is 0. The maximum atomic E-state index is 13.7. The van der Waals surface area contributed by atoms with Gasteiger partial charge in [-0.2, -0.15) is 0 Å². The third-order valence-corrected chi connectivity index (χ3v) is 3.46. The molecule has 0 aromatic heterocycles. The maximum absolute atomic E-state index is 13.7. The first-order chi connectivity index (χ1) is 9.54. The Bertz CT molecular complexity index is 597. The number of halogens is 3. The minimum Gasteiger partial charge on any atom is -0.493 e. The van der Waals surface area contributed by atoms with Gasteiger partial charge in [0.25, 0.3) is 0 Å². The van der Waals surface area contributed by atoms with E-state index in [1.54, 1.807) is 18.2 Å². The fourth-order valence-electron chi connectivity index (χ4n) is 1.90. The molecule has 2 rings (SSSR count). The molecule has 0 radical (unpaired) electrons. The van der Waals surface area contributed by atoms with Gasteiger partial charge in [-0.05, 0) is 52.7 Å². The van der Waals surface area contributed by atoms with Crippen LogP contribution in [0.1, 0.15) is 24.2 Å². The predicted molar refractivity (Wildman–Crippen MR) is 75.7 cm³/mol. The zero-order valence-corrected chi connectivity index (χ0v) is 12.3. The quantitative estimate of drug-likeness (QED) is 0.901. The van der Waals surface area contributed by atoms with Crippen LogP contribution in [-0.4, -0.2) is 11.7 Å². The molecular weight excluding hydrogens is 330 g/mol. The second-order valence-corrected chi connectivity index (χ2v) is 5.02. The Labute approximate surface area is 124 Å². The topological polar surface area (TPSA) is 29.5 Å². The summed E-state index contributed by atoms with van der Waals surface area (Å²) < 4.78 is 33.3. The van der Waals surface area contributed by atoms with E-state index in [9.17, 15) is 13.9 Å². The van der Waals surface area contributed by atoms with Gasteiger partial charge < -0.3 is 9.84 Å². The van der Waals surface area contributed by atoms with Gasteiger partial charge in [0.05, 0.1) is 16.6 Å². The molecule has 0 aliphatic heterocycles. The van der Waals surface area contributed by atoms with Crippen LogP contribution in [0.2, 0.25) is 0 Å². The average Bonchev–Trinajstić information content (AvgIpc) is 2.41. The highest BCUT2D eigenvalue weighted by Crippen LogP contribution is 2.32. The van der Waals surface area contributed by atoms with Crippen molar-refractivity contribution in [1.29, 1.82) is 0 Å². The summed E-state index contributed by atoms with van der Waals surface area (Å²) in [5.41, 5.74) is 0.0212. The second kappa shape index (κ2) is 6.33. The molecule has 0 aliphatic rings. The Balaban J connectivity index is 2.39. The zero-order valence-electron chi connectivity index (χ0n) is 10.7. The second-order valence-electron chi connectivity index (χ2n) is 4.16. The summed E-state index contributed by atoms with van der Waals surface area (Å²) in [5, 5.41) is 10.2. The molecule has 0 amide bonds. The van der Waals surface area contributed by atoms with Crippen molar-refractivity contribution in [3.8, 4) is 5.75 Å². The van der Waals surface area contributed by atoms with Crippen LogP contribution in [0.15, 0.2) is 40.9 Å². The standard InChI is InChI=1S/C15H13BrF2O2/c1-2-20-13-7-6-9(8-10(13)16)15(19)14-11(17)4-3-5-12(14)18/h3-8,15,19H,2H2,1H3. The van der Waals surface area contributed by atoms with E-state index in [1.807, 2.05) is 6.92 Å². The molecule has 5 heteroatoms. The van der Waals surface area contributed by atoms with Crippen molar-refractivity contribution in [2.75, 3.05) is 6.61 Å². The van der Waals surface area contributed by atoms with Gasteiger partial charge in [0.15, 0.2) is 0 Å². The Hall–Kier alpha value is -1.46. The summed E-state index contributed by atoms with van der Waals surface area (Å²) in [6.45, 7) is 2.35. The molecule has 0 saturated heterocycles. The van der Waals surface area contributed by atoms with Gasteiger partial charge in [-0.25, -0.2) is 8.78 Å². The SMILES string of the molecule is CCOc1ccc(C(O)c2c(F)cccc2F)cc1Br. The third-order valence-electron chi connectivity index (χ3n) is 2.84. The van der Waals surface area contributed by atoms with Crippen LogP contribution < -0.4 is 4.74 Å². The zero-order chi connectivity index (χ0) is 14.7. The molecule has 1 atom stereocenters. The normalized spacial score (nSPS) is 12.2. The molecule has 106 valence electrons. The van der Waals surface area contributed by atoms with E-state index in [0.29, 0.717) is 22.4 Å². The van der Waals surface area contributed by atoms with Gasteiger partial charge in [-0.1, -0.05) is 12.1 Å². The van der Waals surface area contributed by atoms with Crippen LogP contribution in [0.3, 0.4) is 0 Å². The van der Waals surface area contributed by atoms with E-state index < -0.39 is 17.7 Å². The third kappa shape index (κ3) is 2.99. The number of aliphatic hydroxyl groups is 1. The highest BCUT2D eigenvalue weighted by atomic mass is 79.9. The minimum atomic E-state index is -1.37. The van der Waals surface area contributed by atoms with Crippen LogP contribution in [0, 0.1) is 11.6 Å². The van der Waals surface area contributed by atoms with Crippen LogP contribution in [0.4, 0.5) is 8.78 Å². The number of ether oxygens (including phenoxy) is 1. The lowest BCUT2D eigenvalue weighted by molar-refractivity contribution is 0.209. The van der Waals surface area contributed by atoms with Crippen LogP contribution in [-0.2, 0) is 0 Å². The molecule has 0 spiro atoms. The van der Waals surface area contributed by atoms with E-state index in [1.165, 1.54) is 6.07 Å². The first-order valence-corrected chi connectivity index (χ1v) is 6.88. The molecule has 2 nitrogen and oxygen atoms in total. The average molecular weight is 343 g/mol. The monoisotopic (exact) mass is 342 g/mol. The molecular formula is C15H13BrF2O2. The highest BCUT2D eigenvalue weighted by molar-refractivity contribution is 9.10. The molecule has 1 N–H and O–H groups in total. The molecule has 0 aliphatic carbocycles. The lowest BCUT2D eigenvalue weighted by atomic mass is 10.0. The molecule has 1 unspecified atom stereocenters. The van der Waals surface area contributed by atoms with Crippen LogP contribution >= 0.6 is 15.9 Å². The van der Waals surface area contributed by atoms with E-state index in [0.717, 1.165) is 12.1 Å². The largest absolute Gasteiger partial charge is 0.493 e. The first kappa shape index (κ1) is 14.9. The fourth-order valence-corrected chi connectivity index (χ4v) is 2.41. The lowest BCUT2D eigenvalue weighted by Crippen LogP contribution is -2.06. The molecule has 2 aromatic rings. The summed E-state index contributed by atoms with van der Waals surface area (Å²) in [6, 6.07) is 8.30. The predicted octanol–water partition coefficient (Wildman–Crippen LogP) is 4.21. The lowest BCUT2D eigenvalue weighted by Gasteiger charge is -2.15. The van der Waals surface area contributed by atoms with Crippen molar-refractivity contribution in [3.63, 3.8) is 0 Å². The van der Waals surface area contributed by atoms with Crippen molar-refractivity contribution in [1.82, 2.24) is 0 Å². The number of hydrogen-bond donors (Lipinski definition) is 1. The van der Waals surface area contributed by atoms with E-state index in [-0.39, 0.29) is 5.56 Å². The van der Waals surface area contributed by atoms with Gasteiger partial charge in [0.2, 0.25) is 0 Å². The number of hydrogen-bond acceptors (Lipinski definition) is 2.